The van der Waals surface area contributed by atoms with E-state index in [9.17, 15) is 4.79 Å². The Morgan fingerprint density at radius 1 is 1.21 bits per heavy atom. The maximum atomic E-state index is 12.3. The van der Waals surface area contributed by atoms with Crippen molar-refractivity contribution in [3.05, 3.63) is 35.9 Å². The van der Waals surface area contributed by atoms with Crippen LogP contribution < -0.4 is 0 Å². The summed E-state index contributed by atoms with van der Waals surface area (Å²) in [6.07, 6.45) is 4.15. The lowest BCUT2D eigenvalue weighted by Crippen LogP contribution is -2.34. The molecule has 1 rings (SSSR count). The van der Waals surface area contributed by atoms with Crippen molar-refractivity contribution < 1.29 is 9.53 Å². The monoisotopic (exact) mass is 326 g/mol. The Balaban J connectivity index is 2.81. The lowest BCUT2D eigenvalue weighted by molar-refractivity contribution is -0.149. The van der Waals surface area contributed by atoms with Crippen LogP contribution in [0.4, 0.5) is 0 Å². The molecule has 0 saturated carbocycles. The van der Waals surface area contributed by atoms with E-state index in [2.05, 4.69) is 15.9 Å². The number of carbonyl (C=O) groups is 1. The van der Waals surface area contributed by atoms with Crippen molar-refractivity contribution >= 4 is 21.9 Å². The zero-order valence-corrected chi connectivity index (χ0v) is 13.4. The van der Waals surface area contributed by atoms with Gasteiger partial charge in [0.25, 0.3) is 0 Å². The summed E-state index contributed by atoms with van der Waals surface area (Å²) in [5, 5.41) is 1.02. The summed E-state index contributed by atoms with van der Waals surface area (Å²) >= 11 is 3.44. The van der Waals surface area contributed by atoms with Gasteiger partial charge in [-0.1, -0.05) is 59.1 Å². The first-order valence-electron chi connectivity index (χ1n) is 6.94. The maximum absolute atomic E-state index is 12.3. The van der Waals surface area contributed by atoms with Crippen molar-refractivity contribution in [3.8, 4) is 0 Å². The van der Waals surface area contributed by atoms with E-state index in [1.165, 1.54) is 0 Å². The molecule has 0 spiro atoms. The van der Waals surface area contributed by atoms with Crippen LogP contribution in [-0.4, -0.2) is 17.9 Å². The molecule has 0 fully saturated rings. The number of alkyl halides is 1. The van der Waals surface area contributed by atoms with Crippen molar-refractivity contribution in [1.82, 2.24) is 0 Å². The third-order valence-corrected chi connectivity index (χ3v) is 4.01. The standard InChI is InChI=1S/C16H23BrO2/c1-3-19-15(18)16(2,12-8-5-9-13-17)14-10-6-4-7-11-14/h4,6-7,10-11H,3,5,8-9,12-13H2,1-2H3/t16-/m1/s1. The summed E-state index contributed by atoms with van der Waals surface area (Å²) in [7, 11) is 0. The van der Waals surface area contributed by atoms with E-state index in [1.807, 2.05) is 44.2 Å². The van der Waals surface area contributed by atoms with E-state index in [4.69, 9.17) is 4.74 Å². The first-order valence-corrected chi connectivity index (χ1v) is 8.06. The molecule has 0 aliphatic heterocycles. The van der Waals surface area contributed by atoms with E-state index in [-0.39, 0.29) is 5.97 Å². The molecule has 0 heterocycles. The molecule has 2 nitrogen and oxygen atoms in total. The number of hydrogen-bond donors (Lipinski definition) is 0. The third kappa shape index (κ3) is 4.64. The number of halogens is 1. The minimum atomic E-state index is -0.524. The summed E-state index contributed by atoms with van der Waals surface area (Å²) in [5.41, 5.74) is 0.524. The van der Waals surface area contributed by atoms with Crippen LogP contribution >= 0.6 is 15.9 Å². The van der Waals surface area contributed by atoms with Crippen LogP contribution in [0.25, 0.3) is 0 Å². The quantitative estimate of drug-likeness (QED) is 0.400. The van der Waals surface area contributed by atoms with Gasteiger partial charge < -0.3 is 4.74 Å². The van der Waals surface area contributed by atoms with Crippen LogP contribution in [0.2, 0.25) is 0 Å². The molecule has 1 atom stereocenters. The SMILES string of the molecule is CCOC(=O)[C@](C)(CCCCCBr)c1ccccc1. The number of hydrogen-bond acceptors (Lipinski definition) is 2. The number of benzene rings is 1. The third-order valence-electron chi connectivity index (χ3n) is 3.45. The second kappa shape index (κ2) is 8.36. The summed E-state index contributed by atoms with van der Waals surface area (Å²) in [6, 6.07) is 9.96. The molecule has 0 saturated heterocycles. The minimum absolute atomic E-state index is 0.111. The average molecular weight is 327 g/mol. The lowest BCUT2D eigenvalue weighted by atomic mass is 9.78. The number of unbranched alkanes of at least 4 members (excludes halogenated alkanes) is 2. The van der Waals surface area contributed by atoms with Crippen molar-refractivity contribution in [2.75, 3.05) is 11.9 Å². The van der Waals surface area contributed by atoms with Crippen LogP contribution in [0, 0.1) is 0 Å². The molecule has 0 N–H and O–H groups in total. The van der Waals surface area contributed by atoms with Gasteiger partial charge in [0, 0.05) is 5.33 Å². The van der Waals surface area contributed by atoms with E-state index < -0.39 is 5.41 Å². The molecule has 0 unspecified atom stereocenters. The Bertz CT molecular complexity index is 378. The highest BCUT2D eigenvalue weighted by Gasteiger charge is 2.35. The number of rotatable bonds is 8. The zero-order chi connectivity index (χ0) is 14.1. The fraction of sp³-hybridized carbons (Fsp3) is 0.562. The van der Waals surface area contributed by atoms with Crippen molar-refractivity contribution in [3.63, 3.8) is 0 Å². The fourth-order valence-corrected chi connectivity index (χ4v) is 2.61. The van der Waals surface area contributed by atoms with E-state index in [1.54, 1.807) is 0 Å². The molecule has 1 aromatic carbocycles. The molecule has 19 heavy (non-hydrogen) atoms. The Hall–Kier alpha value is -0.830. The highest BCUT2D eigenvalue weighted by molar-refractivity contribution is 9.09. The first kappa shape index (κ1) is 16.2. The summed E-state index contributed by atoms with van der Waals surface area (Å²) in [5.74, 6) is -0.111. The minimum Gasteiger partial charge on any atom is -0.465 e. The van der Waals surface area contributed by atoms with Gasteiger partial charge in [-0.25, -0.2) is 0 Å². The van der Waals surface area contributed by atoms with Crippen molar-refractivity contribution in [2.24, 2.45) is 0 Å². The zero-order valence-electron chi connectivity index (χ0n) is 11.8. The van der Waals surface area contributed by atoms with E-state index in [0.29, 0.717) is 6.61 Å². The molecule has 0 amide bonds. The average Bonchev–Trinajstić information content (AvgIpc) is 2.44. The van der Waals surface area contributed by atoms with Crippen LogP contribution in [0.1, 0.15) is 45.1 Å². The molecule has 3 heteroatoms. The van der Waals surface area contributed by atoms with Gasteiger partial charge in [0.05, 0.1) is 12.0 Å². The topological polar surface area (TPSA) is 26.3 Å². The smallest absolute Gasteiger partial charge is 0.316 e. The van der Waals surface area contributed by atoms with Gasteiger partial charge in [-0.3, -0.25) is 4.79 Å². The summed E-state index contributed by atoms with van der Waals surface area (Å²) in [6.45, 7) is 4.28. The molecule has 0 bridgehead atoms. The number of ether oxygens (including phenoxy) is 1. The number of esters is 1. The van der Waals surface area contributed by atoms with Crippen LogP contribution in [0.15, 0.2) is 30.3 Å². The predicted octanol–water partition coefficient (Wildman–Crippen LogP) is 4.46. The van der Waals surface area contributed by atoms with Crippen molar-refractivity contribution in [2.45, 2.75) is 44.9 Å². The van der Waals surface area contributed by atoms with Gasteiger partial charge in [-0.05, 0) is 32.3 Å². The Morgan fingerprint density at radius 3 is 2.47 bits per heavy atom. The van der Waals surface area contributed by atoms with Crippen LogP contribution in [0.5, 0.6) is 0 Å². The van der Waals surface area contributed by atoms with Crippen LogP contribution in [-0.2, 0) is 14.9 Å². The second-order valence-corrected chi connectivity index (χ2v) is 5.71. The lowest BCUT2D eigenvalue weighted by Gasteiger charge is -2.27. The van der Waals surface area contributed by atoms with Gasteiger partial charge >= 0.3 is 5.97 Å². The molecule has 106 valence electrons. The highest BCUT2D eigenvalue weighted by Crippen LogP contribution is 2.31. The Labute approximate surface area is 124 Å². The van der Waals surface area contributed by atoms with Gasteiger partial charge in [-0.2, -0.15) is 0 Å². The highest BCUT2D eigenvalue weighted by atomic mass is 79.9. The molecular formula is C16H23BrO2. The van der Waals surface area contributed by atoms with Gasteiger partial charge in [0.2, 0.25) is 0 Å². The van der Waals surface area contributed by atoms with Gasteiger partial charge in [-0.15, -0.1) is 0 Å². The van der Waals surface area contributed by atoms with Gasteiger partial charge in [0.15, 0.2) is 0 Å². The molecule has 0 aromatic heterocycles. The molecule has 0 radical (unpaired) electrons. The van der Waals surface area contributed by atoms with E-state index >= 15 is 0 Å². The number of carbonyl (C=O) groups excluding carboxylic acids is 1. The summed E-state index contributed by atoms with van der Waals surface area (Å²) < 4.78 is 5.27. The molecular weight excluding hydrogens is 304 g/mol. The fourth-order valence-electron chi connectivity index (χ4n) is 2.21. The predicted molar refractivity (Wildman–Crippen MR) is 82.7 cm³/mol. The Morgan fingerprint density at radius 2 is 1.89 bits per heavy atom. The van der Waals surface area contributed by atoms with E-state index in [0.717, 1.165) is 36.6 Å². The Kier molecular flexibility index (Phi) is 7.14. The van der Waals surface area contributed by atoms with Crippen LogP contribution in [0.3, 0.4) is 0 Å². The molecule has 0 aliphatic carbocycles. The first-order chi connectivity index (χ1) is 9.15. The second-order valence-electron chi connectivity index (χ2n) is 4.92. The molecule has 1 aromatic rings. The van der Waals surface area contributed by atoms with Crippen molar-refractivity contribution in [1.29, 1.82) is 0 Å². The molecule has 0 aliphatic rings. The largest absolute Gasteiger partial charge is 0.465 e. The summed E-state index contributed by atoms with van der Waals surface area (Å²) in [4.78, 5) is 12.3. The normalized spacial score (nSPS) is 13.8. The van der Waals surface area contributed by atoms with Gasteiger partial charge in [0.1, 0.15) is 0 Å². The maximum Gasteiger partial charge on any atom is 0.316 e.